The van der Waals surface area contributed by atoms with Crippen LogP contribution in [0.4, 0.5) is 17.1 Å². The van der Waals surface area contributed by atoms with Gasteiger partial charge in [0.25, 0.3) is 0 Å². The Morgan fingerprint density at radius 1 is 0.783 bits per heavy atom. The lowest BCUT2D eigenvalue weighted by atomic mass is 9.98. The SMILES string of the molecule is CC(C)c1ccc(-c2ccc(NC(=O)C(NCCN3CCCCC3)c3ccc(/C=C/C(=O)Nc4ccccc4N)cc3)cc2)cc1. The van der Waals surface area contributed by atoms with E-state index in [2.05, 4.69) is 59.0 Å². The van der Waals surface area contributed by atoms with Crippen molar-refractivity contribution in [3.63, 3.8) is 0 Å². The Bertz CT molecular complexity index is 1610. The van der Waals surface area contributed by atoms with E-state index in [4.69, 9.17) is 5.73 Å². The lowest BCUT2D eigenvalue weighted by Gasteiger charge is -2.27. The maximum Gasteiger partial charge on any atom is 0.248 e. The summed E-state index contributed by atoms with van der Waals surface area (Å²) in [7, 11) is 0. The first-order valence-corrected chi connectivity index (χ1v) is 16.3. The molecular formula is C39H45N5O2. The summed E-state index contributed by atoms with van der Waals surface area (Å²) in [5.74, 6) is 0.112. The molecule has 4 aromatic rings. The number of anilines is 3. The third-order valence-corrected chi connectivity index (χ3v) is 8.47. The van der Waals surface area contributed by atoms with Crippen molar-refractivity contribution >= 4 is 35.0 Å². The normalized spacial score (nSPS) is 14.3. The summed E-state index contributed by atoms with van der Waals surface area (Å²) >= 11 is 0. The van der Waals surface area contributed by atoms with E-state index in [9.17, 15) is 9.59 Å². The number of benzene rings is 4. The van der Waals surface area contributed by atoms with Crippen LogP contribution in [0.5, 0.6) is 0 Å². The average molecular weight is 616 g/mol. The number of carbonyl (C=O) groups is 2. The second kappa shape index (κ2) is 16.0. The van der Waals surface area contributed by atoms with Gasteiger partial charge in [-0.2, -0.15) is 0 Å². The lowest BCUT2D eigenvalue weighted by molar-refractivity contribution is -0.118. The van der Waals surface area contributed by atoms with Crippen LogP contribution in [-0.2, 0) is 9.59 Å². The van der Waals surface area contributed by atoms with Gasteiger partial charge in [-0.15, -0.1) is 0 Å². The van der Waals surface area contributed by atoms with Crippen LogP contribution in [0.2, 0.25) is 0 Å². The number of rotatable bonds is 12. The van der Waals surface area contributed by atoms with Gasteiger partial charge in [0.05, 0.1) is 11.4 Å². The first kappa shape index (κ1) is 32.7. The second-order valence-electron chi connectivity index (χ2n) is 12.2. The van der Waals surface area contributed by atoms with Crippen molar-refractivity contribution in [2.24, 2.45) is 0 Å². The van der Waals surface area contributed by atoms with Crippen LogP contribution >= 0.6 is 0 Å². The number of hydrogen-bond donors (Lipinski definition) is 4. The van der Waals surface area contributed by atoms with E-state index in [1.807, 2.05) is 60.7 Å². The molecule has 0 saturated carbocycles. The van der Waals surface area contributed by atoms with Gasteiger partial charge in [0.1, 0.15) is 6.04 Å². The smallest absolute Gasteiger partial charge is 0.248 e. The number of hydrogen-bond acceptors (Lipinski definition) is 5. The van der Waals surface area contributed by atoms with Crippen molar-refractivity contribution < 1.29 is 9.59 Å². The highest BCUT2D eigenvalue weighted by Gasteiger charge is 2.21. The summed E-state index contributed by atoms with van der Waals surface area (Å²) in [5, 5.41) is 9.43. The number of likely N-dealkylation sites (tertiary alicyclic amines) is 1. The minimum Gasteiger partial charge on any atom is -0.397 e. The van der Waals surface area contributed by atoms with Crippen molar-refractivity contribution in [1.82, 2.24) is 10.2 Å². The molecule has 0 bridgehead atoms. The van der Waals surface area contributed by atoms with E-state index in [0.717, 1.165) is 47.6 Å². The highest BCUT2D eigenvalue weighted by molar-refractivity contribution is 6.03. The van der Waals surface area contributed by atoms with Crippen molar-refractivity contribution in [2.45, 2.75) is 45.1 Å². The van der Waals surface area contributed by atoms with Crippen molar-refractivity contribution in [3.05, 3.63) is 120 Å². The number of carbonyl (C=O) groups excluding carboxylic acids is 2. The third kappa shape index (κ3) is 9.16. The molecule has 0 spiro atoms. The minimum atomic E-state index is -0.532. The number of amides is 2. The highest BCUT2D eigenvalue weighted by atomic mass is 16.2. The second-order valence-corrected chi connectivity index (χ2v) is 12.2. The van der Waals surface area contributed by atoms with Crippen molar-refractivity contribution in [3.8, 4) is 11.1 Å². The van der Waals surface area contributed by atoms with E-state index in [1.54, 1.807) is 18.2 Å². The summed E-state index contributed by atoms with van der Waals surface area (Å²) < 4.78 is 0. The molecule has 7 nitrogen and oxygen atoms in total. The van der Waals surface area contributed by atoms with Crippen LogP contribution in [0.3, 0.4) is 0 Å². The highest BCUT2D eigenvalue weighted by Crippen LogP contribution is 2.25. The van der Waals surface area contributed by atoms with Crippen LogP contribution < -0.4 is 21.7 Å². The third-order valence-electron chi connectivity index (χ3n) is 8.47. The number of nitrogens with two attached hydrogens (primary N) is 1. The molecule has 1 saturated heterocycles. The fraction of sp³-hybridized carbons (Fsp3) is 0.282. The fourth-order valence-corrected chi connectivity index (χ4v) is 5.69. The molecule has 0 aliphatic carbocycles. The molecule has 2 amide bonds. The van der Waals surface area contributed by atoms with Gasteiger partial charge in [-0.05, 0) is 90.0 Å². The summed E-state index contributed by atoms with van der Waals surface area (Å²) in [6.07, 6.45) is 6.97. The Morgan fingerprint density at radius 2 is 1.41 bits per heavy atom. The van der Waals surface area contributed by atoms with Crippen LogP contribution in [0.25, 0.3) is 17.2 Å². The van der Waals surface area contributed by atoms with Gasteiger partial charge in [0.2, 0.25) is 11.8 Å². The maximum absolute atomic E-state index is 13.7. The standard InChI is InChI=1S/C39H45N5O2/c1-28(2)30-15-17-31(18-16-30)32-19-21-34(22-20-32)42-39(46)38(41-24-27-44-25-6-3-7-26-44)33-13-10-29(11-14-33)12-23-37(45)43-36-9-5-4-8-35(36)40/h4-5,8-23,28,38,41H,3,6-7,24-27,40H2,1-2H3,(H,42,46)(H,43,45)/b23-12+. The molecular weight excluding hydrogens is 570 g/mol. The van der Waals surface area contributed by atoms with Gasteiger partial charge >= 0.3 is 0 Å². The van der Waals surface area contributed by atoms with Gasteiger partial charge in [-0.1, -0.05) is 93.1 Å². The molecule has 46 heavy (non-hydrogen) atoms. The Kier molecular flexibility index (Phi) is 11.4. The van der Waals surface area contributed by atoms with E-state index >= 15 is 0 Å². The van der Waals surface area contributed by atoms with Gasteiger partial charge in [0.15, 0.2) is 0 Å². The maximum atomic E-state index is 13.7. The molecule has 1 atom stereocenters. The summed E-state index contributed by atoms with van der Waals surface area (Å²) in [5.41, 5.74) is 13.1. The molecule has 238 valence electrons. The molecule has 1 aliphatic heterocycles. The number of nitrogens with zero attached hydrogens (tertiary/aromatic N) is 1. The van der Waals surface area contributed by atoms with Crippen LogP contribution in [0.15, 0.2) is 103 Å². The zero-order chi connectivity index (χ0) is 32.3. The number of nitrogens with one attached hydrogen (secondary N) is 3. The summed E-state index contributed by atoms with van der Waals surface area (Å²) in [6.45, 7) is 8.20. The minimum absolute atomic E-state index is 0.115. The molecule has 5 rings (SSSR count). The van der Waals surface area contributed by atoms with E-state index in [0.29, 0.717) is 23.8 Å². The first-order valence-electron chi connectivity index (χ1n) is 16.3. The van der Waals surface area contributed by atoms with Gasteiger partial charge in [-0.3, -0.25) is 9.59 Å². The van der Waals surface area contributed by atoms with Crippen LogP contribution in [0, 0.1) is 0 Å². The predicted octanol–water partition coefficient (Wildman–Crippen LogP) is 7.47. The molecule has 1 aliphatic rings. The van der Waals surface area contributed by atoms with E-state index in [-0.39, 0.29) is 11.8 Å². The van der Waals surface area contributed by atoms with Crippen molar-refractivity contribution in [1.29, 1.82) is 0 Å². The van der Waals surface area contributed by atoms with Crippen LogP contribution in [0.1, 0.15) is 61.8 Å². The lowest BCUT2D eigenvalue weighted by Crippen LogP contribution is -2.40. The Hall–Kier alpha value is -4.72. The van der Waals surface area contributed by atoms with Gasteiger partial charge in [0, 0.05) is 24.9 Å². The first-order chi connectivity index (χ1) is 22.4. The zero-order valence-corrected chi connectivity index (χ0v) is 26.8. The van der Waals surface area contributed by atoms with Crippen LogP contribution in [-0.4, -0.2) is 42.9 Å². The topological polar surface area (TPSA) is 99.5 Å². The quantitative estimate of drug-likeness (QED) is 0.0979. The Morgan fingerprint density at radius 3 is 2.07 bits per heavy atom. The number of piperidine rings is 1. The molecule has 5 N–H and O–H groups in total. The van der Waals surface area contributed by atoms with E-state index < -0.39 is 6.04 Å². The number of nitrogen functional groups attached to an aromatic ring is 1. The van der Waals surface area contributed by atoms with E-state index in [1.165, 1.54) is 30.9 Å². The van der Waals surface area contributed by atoms with Crippen molar-refractivity contribution in [2.75, 3.05) is 42.5 Å². The molecule has 1 unspecified atom stereocenters. The summed E-state index contributed by atoms with van der Waals surface area (Å²) in [4.78, 5) is 28.6. The van der Waals surface area contributed by atoms with Gasteiger partial charge < -0.3 is 26.6 Å². The largest absolute Gasteiger partial charge is 0.397 e. The molecule has 1 fully saturated rings. The molecule has 0 aromatic heterocycles. The molecule has 7 heteroatoms. The Labute approximate surface area is 272 Å². The fourth-order valence-electron chi connectivity index (χ4n) is 5.69. The molecule has 4 aromatic carbocycles. The zero-order valence-electron chi connectivity index (χ0n) is 26.8. The monoisotopic (exact) mass is 615 g/mol. The van der Waals surface area contributed by atoms with Gasteiger partial charge in [-0.25, -0.2) is 0 Å². The Balaban J connectivity index is 1.25. The summed E-state index contributed by atoms with van der Waals surface area (Å²) in [6, 6.07) is 31.0. The predicted molar refractivity (Wildman–Crippen MR) is 191 cm³/mol. The molecule has 1 heterocycles. The molecule has 0 radical (unpaired) electrons. The number of para-hydroxylation sites is 2. The average Bonchev–Trinajstić information content (AvgIpc) is 3.08.